The summed E-state index contributed by atoms with van der Waals surface area (Å²) in [6, 6.07) is 10.3. The highest BCUT2D eigenvalue weighted by molar-refractivity contribution is 6.33. The molecule has 2 aromatic carbocycles. The molecule has 3 rings (SSSR count). The number of rotatable bonds is 8. The molecule has 1 aromatic heterocycles. The lowest BCUT2D eigenvalue weighted by atomic mass is 10.1. The van der Waals surface area contributed by atoms with Crippen molar-refractivity contribution < 1.29 is 14.3 Å². The van der Waals surface area contributed by atoms with Crippen molar-refractivity contribution in [2.45, 2.75) is 20.3 Å². The van der Waals surface area contributed by atoms with Gasteiger partial charge in [0.15, 0.2) is 11.5 Å². The fourth-order valence-corrected chi connectivity index (χ4v) is 2.88. The van der Waals surface area contributed by atoms with Gasteiger partial charge < -0.3 is 14.8 Å². The Morgan fingerprint density at radius 2 is 2.04 bits per heavy atom. The van der Waals surface area contributed by atoms with Crippen LogP contribution >= 0.6 is 11.6 Å². The highest BCUT2D eigenvalue weighted by atomic mass is 35.5. The number of amides is 1. The fraction of sp³-hybridized carbons (Fsp3) is 0.250. The van der Waals surface area contributed by atoms with E-state index in [1.807, 2.05) is 13.8 Å². The fourth-order valence-electron chi connectivity index (χ4n) is 2.62. The normalized spacial score (nSPS) is 10.5. The van der Waals surface area contributed by atoms with E-state index in [0.29, 0.717) is 46.7 Å². The molecule has 0 aliphatic heterocycles. The molecule has 28 heavy (non-hydrogen) atoms. The minimum absolute atomic E-state index is 0.299. The monoisotopic (exact) mass is 400 g/mol. The average Bonchev–Trinajstić information content (AvgIpc) is 3.21. The van der Waals surface area contributed by atoms with Gasteiger partial charge in [-0.1, -0.05) is 24.6 Å². The van der Waals surface area contributed by atoms with Crippen LogP contribution in [0.1, 0.15) is 30.6 Å². The van der Waals surface area contributed by atoms with E-state index in [2.05, 4.69) is 15.4 Å². The van der Waals surface area contributed by atoms with Gasteiger partial charge in [0.05, 0.1) is 23.9 Å². The first-order valence-corrected chi connectivity index (χ1v) is 9.36. The molecule has 1 heterocycles. The maximum atomic E-state index is 12.8. The molecule has 0 fully saturated rings. The zero-order chi connectivity index (χ0) is 19.9. The number of carbonyl (C=O) groups excluding carboxylic acids is 1. The smallest absolute Gasteiger partial charge is 0.255 e. The van der Waals surface area contributed by atoms with Gasteiger partial charge in [-0.3, -0.25) is 4.79 Å². The van der Waals surface area contributed by atoms with E-state index in [1.54, 1.807) is 36.4 Å². The van der Waals surface area contributed by atoms with E-state index in [4.69, 9.17) is 21.1 Å². The van der Waals surface area contributed by atoms with Gasteiger partial charge in [-0.05, 0) is 43.7 Å². The van der Waals surface area contributed by atoms with Gasteiger partial charge in [-0.2, -0.15) is 5.10 Å². The number of anilines is 1. The molecule has 0 radical (unpaired) electrons. The number of hydrogen-bond donors (Lipinski definition) is 1. The third-order valence-corrected chi connectivity index (χ3v) is 4.16. The number of halogens is 1. The molecule has 0 aliphatic rings. The van der Waals surface area contributed by atoms with Crippen molar-refractivity contribution in [2.24, 2.45) is 0 Å². The van der Waals surface area contributed by atoms with Crippen molar-refractivity contribution in [3.63, 3.8) is 0 Å². The summed E-state index contributed by atoms with van der Waals surface area (Å²) < 4.78 is 12.8. The standard InChI is InChI=1S/C20H21ClN4O3/c1-3-10-28-17-9-8-14(11-18(17)27-4-2)20(26)24-16-7-5-6-15(21)19(16)25-13-22-12-23-25/h5-9,11-13H,3-4,10H2,1-2H3,(H,24,26). The summed E-state index contributed by atoms with van der Waals surface area (Å²) >= 11 is 6.31. The molecule has 146 valence electrons. The van der Waals surface area contributed by atoms with Gasteiger partial charge in [0.25, 0.3) is 5.91 Å². The topological polar surface area (TPSA) is 78.3 Å². The minimum atomic E-state index is -0.299. The quantitative estimate of drug-likeness (QED) is 0.607. The van der Waals surface area contributed by atoms with E-state index in [9.17, 15) is 4.79 Å². The predicted octanol–water partition coefficient (Wildman–Crippen LogP) is 4.36. The first-order valence-electron chi connectivity index (χ1n) is 8.98. The summed E-state index contributed by atoms with van der Waals surface area (Å²) in [4.78, 5) is 16.8. The first kappa shape index (κ1) is 19.7. The SMILES string of the molecule is CCCOc1ccc(C(=O)Nc2cccc(Cl)c2-n2cncn2)cc1OCC. The lowest BCUT2D eigenvalue weighted by Gasteiger charge is -2.14. The minimum Gasteiger partial charge on any atom is -0.490 e. The highest BCUT2D eigenvalue weighted by Gasteiger charge is 2.16. The third-order valence-electron chi connectivity index (χ3n) is 3.85. The van der Waals surface area contributed by atoms with Crippen LogP contribution in [-0.2, 0) is 0 Å². The molecule has 3 aromatic rings. The maximum absolute atomic E-state index is 12.8. The number of carbonyl (C=O) groups is 1. The van der Waals surface area contributed by atoms with Gasteiger partial charge in [-0.15, -0.1) is 0 Å². The van der Waals surface area contributed by atoms with E-state index >= 15 is 0 Å². The molecule has 0 spiro atoms. The van der Waals surface area contributed by atoms with E-state index in [-0.39, 0.29) is 5.91 Å². The summed E-state index contributed by atoms with van der Waals surface area (Å²) in [5, 5.41) is 7.43. The van der Waals surface area contributed by atoms with Gasteiger partial charge in [-0.25, -0.2) is 9.67 Å². The van der Waals surface area contributed by atoms with Crippen LogP contribution < -0.4 is 14.8 Å². The van der Waals surface area contributed by atoms with Gasteiger partial charge >= 0.3 is 0 Å². The number of para-hydroxylation sites is 1. The second kappa shape index (κ2) is 9.23. The van der Waals surface area contributed by atoms with Crippen LogP contribution in [-0.4, -0.2) is 33.9 Å². The Morgan fingerprint density at radius 3 is 2.75 bits per heavy atom. The Labute approximate surface area is 168 Å². The molecule has 8 heteroatoms. The molecule has 0 atom stereocenters. The van der Waals surface area contributed by atoms with Crippen molar-refractivity contribution in [3.05, 3.63) is 59.6 Å². The Hall–Kier alpha value is -3.06. The van der Waals surface area contributed by atoms with E-state index < -0.39 is 0 Å². The van der Waals surface area contributed by atoms with Crippen LogP contribution in [0.5, 0.6) is 11.5 Å². The Morgan fingerprint density at radius 1 is 1.18 bits per heavy atom. The molecular weight excluding hydrogens is 380 g/mol. The molecule has 1 N–H and O–H groups in total. The highest BCUT2D eigenvalue weighted by Crippen LogP contribution is 2.31. The Kier molecular flexibility index (Phi) is 6.49. The number of aromatic nitrogens is 3. The van der Waals surface area contributed by atoms with Gasteiger partial charge in [0.2, 0.25) is 0 Å². The molecular formula is C20H21ClN4O3. The molecule has 0 aliphatic carbocycles. The van der Waals surface area contributed by atoms with Crippen molar-refractivity contribution in [3.8, 4) is 17.2 Å². The lowest BCUT2D eigenvalue weighted by Crippen LogP contribution is -2.14. The molecule has 0 bridgehead atoms. The molecule has 0 unspecified atom stereocenters. The van der Waals surface area contributed by atoms with Crippen molar-refractivity contribution in [2.75, 3.05) is 18.5 Å². The Bertz CT molecular complexity index is 945. The first-order chi connectivity index (χ1) is 13.6. The zero-order valence-corrected chi connectivity index (χ0v) is 16.4. The molecule has 1 amide bonds. The van der Waals surface area contributed by atoms with E-state index in [0.717, 1.165) is 6.42 Å². The van der Waals surface area contributed by atoms with Crippen LogP contribution in [0.15, 0.2) is 49.1 Å². The summed E-state index contributed by atoms with van der Waals surface area (Å²) in [5.41, 5.74) is 1.51. The largest absolute Gasteiger partial charge is 0.490 e. The Balaban J connectivity index is 1.88. The third kappa shape index (κ3) is 4.43. The van der Waals surface area contributed by atoms with Crippen molar-refractivity contribution in [1.29, 1.82) is 0 Å². The molecule has 0 saturated heterocycles. The number of nitrogens with zero attached hydrogens (tertiary/aromatic N) is 3. The van der Waals surface area contributed by atoms with Crippen LogP contribution in [0, 0.1) is 0 Å². The number of benzene rings is 2. The summed E-state index contributed by atoms with van der Waals surface area (Å²) in [7, 11) is 0. The number of hydrogen-bond acceptors (Lipinski definition) is 5. The van der Waals surface area contributed by atoms with Crippen molar-refractivity contribution in [1.82, 2.24) is 14.8 Å². The summed E-state index contributed by atoms with van der Waals surface area (Å²) in [6.45, 7) is 4.96. The van der Waals surface area contributed by atoms with Crippen molar-refractivity contribution >= 4 is 23.2 Å². The second-order valence-corrected chi connectivity index (χ2v) is 6.28. The summed E-state index contributed by atoms with van der Waals surface area (Å²) in [6.07, 6.45) is 3.80. The number of ether oxygens (including phenoxy) is 2. The lowest BCUT2D eigenvalue weighted by molar-refractivity contribution is 0.102. The zero-order valence-electron chi connectivity index (χ0n) is 15.7. The molecule has 7 nitrogen and oxygen atoms in total. The predicted molar refractivity (Wildman–Crippen MR) is 108 cm³/mol. The van der Waals surface area contributed by atoms with Crippen LogP contribution in [0.3, 0.4) is 0 Å². The number of nitrogens with one attached hydrogen (secondary N) is 1. The second-order valence-electron chi connectivity index (χ2n) is 5.87. The van der Waals surface area contributed by atoms with Gasteiger partial charge in [0.1, 0.15) is 18.3 Å². The van der Waals surface area contributed by atoms with Gasteiger partial charge in [0, 0.05) is 5.56 Å². The molecule has 0 saturated carbocycles. The van der Waals surface area contributed by atoms with E-state index in [1.165, 1.54) is 17.3 Å². The van der Waals surface area contributed by atoms with Crippen LogP contribution in [0.4, 0.5) is 5.69 Å². The summed E-state index contributed by atoms with van der Waals surface area (Å²) in [5.74, 6) is 0.851. The van der Waals surface area contributed by atoms with Crippen LogP contribution in [0.2, 0.25) is 5.02 Å². The maximum Gasteiger partial charge on any atom is 0.255 e. The van der Waals surface area contributed by atoms with Crippen LogP contribution in [0.25, 0.3) is 5.69 Å². The average molecular weight is 401 g/mol.